The van der Waals surface area contributed by atoms with E-state index in [4.69, 9.17) is 15.2 Å². The number of hydrogen-bond acceptors (Lipinski definition) is 6. The van der Waals surface area contributed by atoms with Gasteiger partial charge in [-0.25, -0.2) is 0 Å². The molecule has 0 spiro atoms. The van der Waals surface area contributed by atoms with E-state index in [0.717, 1.165) is 24.2 Å². The van der Waals surface area contributed by atoms with E-state index < -0.39 is 17.7 Å². The molecule has 3 rings (SSSR count). The number of methoxy groups -OCH3 is 1. The number of nitrogens with one attached hydrogen (secondary N) is 1. The molecule has 0 unspecified atom stereocenters. The number of hydrogen-bond donors (Lipinski definition) is 3. The van der Waals surface area contributed by atoms with Crippen LogP contribution in [0.2, 0.25) is 0 Å². The molecule has 1 heterocycles. The van der Waals surface area contributed by atoms with Crippen molar-refractivity contribution in [3.8, 4) is 5.75 Å². The zero-order valence-corrected chi connectivity index (χ0v) is 14.0. The fourth-order valence-electron chi connectivity index (χ4n) is 3.59. The normalized spacial score (nSPS) is 28.7. The van der Waals surface area contributed by atoms with Crippen molar-refractivity contribution in [2.45, 2.75) is 55.9 Å². The van der Waals surface area contributed by atoms with E-state index in [1.54, 1.807) is 7.11 Å². The minimum absolute atomic E-state index is 0.123. The van der Waals surface area contributed by atoms with Crippen molar-refractivity contribution in [2.75, 3.05) is 13.7 Å². The van der Waals surface area contributed by atoms with Crippen molar-refractivity contribution < 1.29 is 19.4 Å². The van der Waals surface area contributed by atoms with E-state index in [-0.39, 0.29) is 12.0 Å². The van der Waals surface area contributed by atoms with Crippen LogP contribution in [0.4, 0.5) is 0 Å². The molecule has 0 amide bonds. The summed E-state index contributed by atoms with van der Waals surface area (Å²) in [6, 6.07) is 7.63. The summed E-state index contributed by atoms with van der Waals surface area (Å²) in [5, 5.41) is 13.4. The molecule has 2 fully saturated rings. The minimum Gasteiger partial charge on any atom is -0.497 e. The minimum atomic E-state index is -0.882. The molecular formula is C18H26N2O4. The smallest absolute Gasteiger partial charge is 0.326 e. The fraction of sp³-hybridized carbons (Fsp3) is 0.611. The Morgan fingerprint density at radius 2 is 2.00 bits per heavy atom. The lowest BCUT2D eigenvalue weighted by molar-refractivity contribution is -0.160. The quantitative estimate of drug-likeness (QED) is 0.688. The average Bonchev–Trinajstić information content (AvgIpc) is 3.17. The molecule has 4 N–H and O–H groups in total. The highest BCUT2D eigenvalue weighted by Gasteiger charge is 2.44. The van der Waals surface area contributed by atoms with Crippen molar-refractivity contribution in [1.82, 2.24) is 5.32 Å². The van der Waals surface area contributed by atoms with Gasteiger partial charge in [0.1, 0.15) is 23.5 Å². The van der Waals surface area contributed by atoms with Crippen molar-refractivity contribution in [1.29, 1.82) is 0 Å². The monoisotopic (exact) mass is 334 g/mol. The molecule has 1 saturated heterocycles. The lowest BCUT2D eigenvalue weighted by Gasteiger charge is -2.28. The number of ether oxygens (including phenoxy) is 2. The van der Waals surface area contributed by atoms with E-state index >= 15 is 0 Å². The maximum absolute atomic E-state index is 12.4. The number of β-amino-alcohol motifs (C(OH)–C–C–N with tert-alkyl or cyclic N) is 1. The zero-order valence-electron chi connectivity index (χ0n) is 14.0. The molecule has 6 nitrogen and oxygen atoms in total. The second kappa shape index (κ2) is 7.09. The summed E-state index contributed by atoms with van der Waals surface area (Å²) in [6.07, 6.45) is 2.61. The molecular weight excluding hydrogens is 308 g/mol. The van der Waals surface area contributed by atoms with Crippen LogP contribution in [-0.4, -0.2) is 48.5 Å². The summed E-state index contributed by atoms with van der Waals surface area (Å²) in [6.45, 7) is 0.413. The molecule has 1 aliphatic heterocycles. The van der Waals surface area contributed by atoms with Gasteiger partial charge in [-0.05, 0) is 37.0 Å². The zero-order chi connectivity index (χ0) is 17.2. The Balaban J connectivity index is 1.65. The highest BCUT2D eigenvalue weighted by molar-refractivity contribution is 5.81. The highest BCUT2D eigenvalue weighted by Crippen LogP contribution is 2.30. The van der Waals surface area contributed by atoms with E-state index in [2.05, 4.69) is 5.32 Å². The average molecular weight is 334 g/mol. The number of nitrogens with two attached hydrogens (primary N) is 1. The first-order valence-corrected chi connectivity index (χ1v) is 8.56. The van der Waals surface area contributed by atoms with Crippen LogP contribution in [0.15, 0.2) is 24.3 Å². The Morgan fingerprint density at radius 1 is 1.33 bits per heavy atom. The summed E-state index contributed by atoms with van der Waals surface area (Å²) in [5.74, 6) is 0.417. The first-order valence-electron chi connectivity index (χ1n) is 8.56. The Kier molecular flexibility index (Phi) is 5.08. The Labute approximate surface area is 142 Å². The van der Waals surface area contributed by atoms with Crippen LogP contribution in [-0.2, 0) is 16.0 Å². The van der Waals surface area contributed by atoms with Crippen LogP contribution in [0, 0.1) is 0 Å². The predicted molar refractivity (Wildman–Crippen MR) is 89.8 cm³/mol. The number of aliphatic hydroxyl groups is 1. The van der Waals surface area contributed by atoms with Gasteiger partial charge in [-0.15, -0.1) is 0 Å². The number of carbonyl (C=O) groups is 1. The molecule has 1 aromatic carbocycles. The Morgan fingerprint density at radius 3 is 2.62 bits per heavy atom. The van der Waals surface area contributed by atoms with Crippen molar-refractivity contribution in [3.63, 3.8) is 0 Å². The van der Waals surface area contributed by atoms with Crippen molar-refractivity contribution in [2.24, 2.45) is 5.73 Å². The molecule has 6 heteroatoms. The summed E-state index contributed by atoms with van der Waals surface area (Å²) >= 11 is 0. The molecule has 132 valence electrons. The molecule has 2 aliphatic rings. The van der Waals surface area contributed by atoms with Gasteiger partial charge in [0.2, 0.25) is 0 Å². The van der Waals surface area contributed by atoms with Crippen LogP contribution in [0.5, 0.6) is 5.75 Å². The topological polar surface area (TPSA) is 93.8 Å². The van der Waals surface area contributed by atoms with Crippen LogP contribution >= 0.6 is 0 Å². The van der Waals surface area contributed by atoms with E-state index in [9.17, 15) is 9.90 Å². The summed E-state index contributed by atoms with van der Waals surface area (Å²) in [4.78, 5) is 12.4. The predicted octanol–water partition coefficient (Wildman–Crippen LogP) is 0.754. The van der Waals surface area contributed by atoms with E-state index in [1.807, 2.05) is 24.3 Å². The van der Waals surface area contributed by atoms with Crippen molar-refractivity contribution in [3.05, 3.63) is 29.8 Å². The molecule has 0 radical (unpaired) electrons. The van der Waals surface area contributed by atoms with Gasteiger partial charge in [-0.3, -0.25) is 4.79 Å². The van der Waals surface area contributed by atoms with E-state index in [0.29, 0.717) is 25.8 Å². The van der Waals surface area contributed by atoms with Gasteiger partial charge >= 0.3 is 5.97 Å². The lowest BCUT2D eigenvalue weighted by atomic mass is 9.98. The molecule has 0 aromatic heterocycles. The van der Waals surface area contributed by atoms with Gasteiger partial charge in [0.15, 0.2) is 0 Å². The maximum atomic E-state index is 12.4. The highest BCUT2D eigenvalue weighted by atomic mass is 16.6. The first-order chi connectivity index (χ1) is 11.5. The third kappa shape index (κ3) is 3.55. The first kappa shape index (κ1) is 17.2. The number of benzene rings is 1. The van der Waals surface area contributed by atoms with Crippen LogP contribution in [0.25, 0.3) is 0 Å². The van der Waals surface area contributed by atoms with Gasteiger partial charge in [-0.1, -0.05) is 25.0 Å². The molecule has 1 aromatic rings. The maximum Gasteiger partial charge on any atom is 0.326 e. The van der Waals surface area contributed by atoms with E-state index in [1.165, 1.54) is 0 Å². The third-order valence-corrected chi connectivity index (χ3v) is 5.13. The Hall–Kier alpha value is -1.63. The third-order valence-electron chi connectivity index (χ3n) is 5.13. The molecule has 0 bridgehead atoms. The molecule has 24 heavy (non-hydrogen) atoms. The largest absolute Gasteiger partial charge is 0.497 e. The fourth-order valence-corrected chi connectivity index (χ4v) is 3.59. The Bertz CT molecular complexity index is 569. The summed E-state index contributed by atoms with van der Waals surface area (Å²) in [7, 11) is 1.63. The van der Waals surface area contributed by atoms with Gasteiger partial charge in [-0.2, -0.15) is 0 Å². The number of rotatable bonds is 5. The second-order valence-electron chi connectivity index (χ2n) is 6.87. The van der Waals surface area contributed by atoms with Crippen LogP contribution in [0.1, 0.15) is 31.2 Å². The number of esters is 1. The lowest BCUT2D eigenvalue weighted by Crippen LogP contribution is -2.50. The summed E-state index contributed by atoms with van der Waals surface area (Å²) in [5.41, 5.74) is 6.37. The molecule has 3 atom stereocenters. The van der Waals surface area contributed by atoms with Gasteiger partial charge in [0.05, 0.1) is 13.2 Å². The van der Waals surface area contributed by atoms with Gasteiger partial charge < -0.3 is 25.6 Å². The molecule has 1 saturated carbocycles. The molecule has 1 aliphatic carbocycles. The second-order valence-corrected chi connectivity index (χ2v) is 6.87. The number of carbonyl (C=O) groups excluding carboxylic acids is 1. The van der Waals surface area contributed by atoms with Gasteiger partial charge in [0, 0.05) is 6.54 Å². The van der Waals surface area contributed by atoms with Crippen LogP contribution in [0.3, 0.4) is 0 Å². The summed E-state index contributed by atoms with van der Waals surface area (Å²) < 4.78 is 10.8. The standard InChI is InChI=1S/C18H26N2O4/c1-23-13-6-4-12(5-7-13)10-14-16(15(21)11-20-14)24-17(22)18(19)8-2-3-9-18/h4-7,14-16,20-21H,2-3,8-11,19H2,1H3/t14-,15+,16+/m1/s1. The van der Waals surface area contributed by atoms with Crippen LogP contribution < -0.4 is 15.8 Å². The number of aliphatic hydroxyl groups excluding tert-OH is 1. The van der Waals surface area contributed by atoms with Gasteiger partial charge in [0.25, 0.3) is 0 Å². The van der Waals surface area contributed by atoms with Crippen molar-refractivity contribution >= 4 is 5.97 Å². The SMILES string of the molecule is COc1ccc(C[C@H]2NC[C@H](O)[C@H]2OC(=O)C2(N)CCCC2)cc1.